The summed E-state index contributed by atoms with van der Waals surface area (Å²) in [5, 5.41) is 2.70. The highest BCUT2D eigenvalue weighted by molar-refractivity contribution is 7.91. The van der Waals surface area contributed by atoms with E-state index in [2.05, 4.69) is 10.3 Å². The Labute approximate surface area is 150 Å². The Morgan fingerprint density at radius 1 is 1.35 bits per heavy atom. The summed E-state index contributed by atoms with van der Waals surface area (Å²) in [6.07, 6.45) is 1.81. The number of imidazole rings is 1. The average molecular weight is 379 g/mol. The Bertz CT molecular complexity index is 947. The van der Waals surface area contributed by atoms with E-state index >= 15 is 0 Å². The Morgan fingerprint density at radius 2 is 2.12 bits per heavy atom. The van der Waals surface area contributed by atoms with Gasteiger partial charge in [-0.15, -0.1) is 0 Å². The number of carbonyl (C=O) groups is 1. The van der Waals surface area contributed by atoms with Gasteiger partial charge in [0.15, 0.2) is 0 Å². The minimum Gasteiger partial charge on any atom is -0.376 e. The minimum absolute atomic E-state index is 0.0297. The van der Waals surface area contributed by atoms with Crippen LogP contribution >= 0.6 is 0 Å². The van der Waals surface area contributed by atoms with E-state index in [9.17, 15) is 17.6 Å². The van der Waals surface area contributed by atoms with Crippen LogP contribution in [0.4, 0.5) is 4.39 Å². The maximum atomic E-state index is 13.2. The van der Waals surface area contributed by atoms with Crippen LogP contribution in [-0.4, -0.2) is 48.9 Å². The quantitative estimate of drug-likeness (QED) is 0.867. The molecule has 3 heterocycles. The largest absolute Gasteiger partial charge is 0.376 e. The van der Waals surface area contributed by atoms with Gasteiger partial charge in [0, 0.05) is 25.3 Å². The van der Waals surface area contributed by atoms with Crippen molar-refractivity contribution < 1.29 is 22.3 Å². The predicted molar refractivity (Wildman–Crippen MR) is 91.0 cm³/mol. The maximum Gasteiger partial charge on any atom is 0.270 e. The smallest absolute Gasteiger partial charge is 0.270 e. The van der Waals surface area contributed by atoms with Gasteiger partial charge < -0.3 is 14.6 Å². The zero-order valence-electron chi connectivity index (χ0n) is 13.9. The van der Waals surface area contributed by atoms with Gasteiger partial charge in [0.2, 0.25) is 15.0 Å². The van der Waals surface area contributed by atoms with Crippen molar-refractivity contribution in [2.45, 2.75) is 30.6 Å². The van der Waals surface area contributed by atoms with Gasteiger partial charge in [0.1, 0.15) is 17.2 Å². The van der Waals surface area contributed by atoms with Crippen molar-refractivity contribution in [2.75, 3.05) is 18.9 Å². The molecule has 2 aliphatic rings. The minimum atomic E-state index is -3.51. The van der Waals surface area contributed by atoms with Crippen LogP contribution in [0.15, 0.2) is 29.4 Å². The lowest BCUT2D eigenvalue weighted by atomic mass is 10.1. The summed E-state index contributed by atoms with van der Waals surface area (Å²) >= 11 is 0. The van der Waals surface area contributed by atoms with Crippen molar-refractivity contribution in [1.82, 2.24) is 14.9 Å². The van der Waals surface area contributed by atoms with Crippen molar-refractivity contribution >= 4 is 15.7 Å². The molecule has 1 fully saturated rings. The number of ether oxygens (including phenoxy) is 1. The molecule has 0 spiro atoms. The summed E-state index contributed by atoms with van der Waals surface area (Å²) in [5.74, 6) is -0.904. The number of carbonyl (C=O) groups excluding carboxylic acids is 1. The molecule has 1 aromatic heterocycles. The molecule has 2 aromatic rings. The predicted octanol–water partition coefficient (Wildman–Crippen LogP) is 1.39. The van der Waals surface area contributed by atoms with Crippen LogP contribution in [0.3, 0.4) is 0 Å². The highest BCUT2D eigenvalue weighted by atomic mass is 32.2. The van der Waals surface area contributed by atoms with E-state index in [1.165, 1.54) is 28.8 Å². The molecule has 1 atom stereocenters. The van der Waals surface area contributed by atoms with Crippen molar-refractivity contribution in [3.8, 4) is 11.3 Å². The van der Waals surface area contributed by atoms with Gasteiger partial charge in [-0.2, -0.15) is 0 Å². The van der Waals surface area contributed by atoms with Gasteiger partial charge in [-0.1, -0.05) is 0 Å². The number of nitrogens with zero attached hydrogens (tertiary/aromatic N) is 2. The summed E-state index contributed by atoms with van der Waals surface area (Å²) in [6.45, 7) is 1.21. The molecular formula is C17H18FN3O4S. The molecule has 0 bridgehead atoms. The Morgan fingerprint density at radius 3 is 2.81 bits per heavy atom. The van der Waals surface area contributed by atoms with Crippen LogP contribution in [0.2, 0.25) is 0 Å². The zero-order chi connectivity index (χ0) is 18.3. The standard InChI is InChI=1S/C17H18FN3O4S/c18-12-5-3-11(4-6-12)14-15(16(22)19-10-13-2-1-8-25-13)21-7-9-26(23,24)17(21)20-14/h3-6,13H,1-2,7-10H2,(H,19,22)/t13-/m1/s1. The third kappa shape index (κ3) is 3.01. The highest BCUT2D eigenvalue weighted by Gasteiger charge is 2.35. The fourth-order valence-electron chi connectivity index (χ4n) is 3.31. The molecule has 7 nitrogen and oxygen atoms in total. The molecule has 0 saturated carbocycles. The van der Waals surface area contributed by atoms with Crippen molar-refractivity contribution in [2.24, 2.45) is 0 Å². The fourth-order valence-corrected chi connectivity index (χ4v) is 4.67. The first-order chi connectivity index (χ1) is 12.5. The van der Waals surface area contributed by atoms with E-state index < -0.39 is 21.6 Å². The molecule has 26 heavy (non-hydrogen) atoms. The van der Waals surface area contributed by atoms with Crippen LogP contribution in [-0.2, 0) is 21.1 Å². The van der Waals surface area contributed by atoms with E-state index in [0.29, 0.717) is 18.7 Å². The molecule has 138 valence electrons. The summed E-state index contributed by atoms with van der Waals surface area (Å²) in [6, 6.07) is 5.47. The highest BCUT2D eigenvalue weighted by Crippen LogP contribution is 2.30. The van der Waals surface area contributed by atoms with E-state index in [1.807, 2.05) is 0 Å². The molecule has 1 aromatic carbocycles. The number of amides is 1. The second-order valence-corrected chi connectivity index (χ2v) is 8.42. The van der Waals surface area contributed by atoms with Gasteiger partial charge in [0.05, 0.1) is 11.9 Å². The molecule has 0 radical (unpaired) electrons. The van der Waals surface area contributed by atoms with Crippen LogP contribution in [0.5, 0.6) is 0 Å². The van der Waals surface area contributed by atoms with Gasteiger partial charge in [-0.25, -0.2) is 17.8 Å². The lowest BCUT2D eigenvalue weighted by Crippen LogP contribution is -2.33. The van der Waals surface area contributed by atoms with E-state index in [1.54, 1.807) is 0 Å². The summed E-state index contributed by atoms with van der Waals surface area (Å²) < 4.78 is 44.6. The number of aromatic nitrogens is 2. The van der Waals surface area contributed by atoms with Crippen LogP contribution in [0, 0.1) is 5.82 Å². The lowest BCUT2D eigenvalue weighted by Gasteiger charge is -2.12. The number of fused-ring (bicyclic) bond motifs is 1. The van der Waals surface area contributed by atoms with Crippen molar-refractivity contribution in [3.05, 3.63) is 35.8 Å². The number of nitrogens with one attached hydrogen (secondary N) is 1. The molecule has 0 aliphatic carbocycles. The van der Waals surface area contributed by atoms with Gasteiger partial charge in [-0.3, -0.25) is 4.79 Å². The average Bonchev–Trinajstić information content (AvgIpc) is 3.31. The molecule has 1 amide bonds. The molecule has 1 saturated heterocycles. The van der Waals surface area contributed by atoms with E-state index in [4.69, 9.17) is 4.74 Å². The van der Waals surface area contributed by atoms with Crippen molar-refractivity contribution in [1.29, 1.82) is 0 Å². The summed E-state index contributed by atoms with van der Waals surface area (Å²) in [7, 11) is -3.51. The SMILES string of the molecule is O=C(NC[C@H]1CCCO1)c1c(-c2ccc(F)cc2)nc2n1CCS2(=O)=O. The molecule has 9 heteroatoms. The Balaban J connectivity index is 1.71. The van der Waals surface area contributed by atoms with E-state index in [-0.39, 0.29) is 34.9 Å². The monoisotopic (exact) mass is 379 g/mol. The molecule has 4 rings (SSSR count). The second kappa shape index (κ2) is 6.48. The zero-order valence-corrected chi connectivity index (χ0v) is 14.8. The van der Waals surface area contributed by atoms with Crippen LogP contribution in [0.25, 0.3) is 11.3 Å². The van der Waals surface area contributed by atoms with Crippen molar-refractivity contribution in [3.63, 3.8) is 0 Å². The number of hydrogen-bond acceptors (Lipinski definition) is 5. The normalized spacial score (nSPS) is 20.9. The molecule has 0 unspecified atom stereocenters. The fraction of sp³-hybridized carbons (Fsp3) is 0.412. The molecule has 1 N–H and O–H groups in total. The van der Waals surface area contributed by atoms with Gasteiger partial charge in [0.25, 0.3) is 5.91 Å². The first kappa shape index (κ1) is 17.2. The number of halogens is 1. The Hall–Kier alpha value is -2.26. The number of benzene rings is 1. The lowest BCUT2D eigenvalue weighted by molar-refractivity contribution is 0.0850. The summed E-state index contributed by atoms with van der Waals surface area (Å²) in [4.78, 5) is 17.0. The topological polar surface area (TPSA) is 90.3 Å². The third-order valence-corrected chi connectivity index (χ3v) is 6.23. The number of rotatable bonds is 4. The molecule has 2 aliphatic heterocycles. The van der Waals surface area contributed by atoms with Gasteiger partial charge in [-0.05, 0) is 37.1 Å². The number of hydrogen-bond donors (Lipinski definition) is 1. The van der Waals surface area contributed by atoms with Crippen LogP contribution in [0.1, 0.15) is 23.3 Å². The van der Waals surface area contributed by atoms with Gasteiger partial charge >= 0.3 is 0 Å². The van der Waals surface area contributed by atoms with E-state index in [0.717, 1.165) is 12.8 Å². The maximum absolute atomic E-state index is 13.2. The third-order valence-electron chi connectivity index (χ3n) is 4.64. The second-order valence-electron chi connectivity index (χ2n) is 6.41. The first-order valence-corrected chi connectivity index (χ1v) is 10.1. The van der Waals surface area contributed by atoms with Crippen LogP contribution < -0.4 is 5.32 Å². The first-order valence-electron chi connectivity index (χ1n) is 8.45. The number of sulfone groups is 1. The molecular weight excluding hydrogens is 361 g/mol. The summed E-state index contributed by atoms with van der Waals surface area (Å²) in [5.41, 5.74) is 0.921. The Kier molecular flexibility index (Phi) is 4.28.